The molecule has 2 atom stereocenters. The van der Waals surface area contributed by atoms with Crippen molar-refractivity contribution in [3.05, 3.63) is 11.8 Å². The van der Waals surface area contributed by atoms with Crippen molar-refractivity contribution < 1.29 is 9.47 Å². The summed E-state index contributed by atoms with van der Waals surface area (Å²) in [6.07, 6.45) is 4.83. The van der Waals surface area contributed by atoms with E-state index in [1.165, 1.54) is 0 Å². The van der Waals surface area contributed by atoms with E-state index in [9.17, 15) is 0 Å². The molecule has 0 fully saturated rings. The largest absolute Gasteiger partial charge is 0.402 e. The number of ether oxygens (including phenoxy) is 2. The van der Waals surface area contributed by atoms with Crippen LogP contribution in [0.3, 0.4) is 0 Å². The monoisotopic (exact) mass is 313 g/mol. The van der Waals surface area contributed by atoms with Crippen LogP contribution >= 0.6 is 0 Å². The van der Waals surface area contributed by atoms with Gasteiger partial charge in [-0.15, -0.1) is 0 Å². The standard InChI is InChI=1S/C19H39NO2/c1-10-16(20)14-15(3)22-19(9,11-2)18(7,8)12-13-21-17(4,5)6/h14-15H,10-13,20H2,1-9H3/b16-14+. The van der Waals surface area contributed by atoms with E-state index >= 15 is 0 Å². The molecule has 0 aromatic carbocycles. The molecule has 0 radical (unpaired) electrons. The SMILES string of the molecule is CC/C(N)=C\C(C)OC(C)(CC)C(C)(C)CCOC(C)(C)C. The van der Waals surface area contributed by atoms with Crippen molar-refractivity contribution in [1.29, 1.82) is 0 Å². The van der Waals surface area contributed by atoms with Crippen LogP contribution < -0.4 is 5.73 Å². The molecule has 22 heavy (non-hydrogen) atoms. The van der Waals surface area contributed by atoms with Gasteiger partial charge in [0.25, 0.3) is 0 Å². The predicted molar refractivity (Wildman–Crippen MR) is 95.9 cm³/mol. The minimum atomic E-state index is -0.210. The van der Waals surface area contributed by atoms with Gasteiger partial charge < -0.3 is 15.2 Å². The van der Waals surface area contributed by atoms with Gasteiger partial charge in [-0.2, -0.15) is 0 Å². The Morgan fingerprint density at radius 1 is 1.09 bits per heavy atom. The number of hydrogen-bond acceptors (Lipinski definition) is 3. The third-order valence-corrected chi connectivity index (χ3v) is 4.67. The first-order valence-corrected chi connectivity index (χ1v) is 8.65. The van der Waals surface area contributed by atoms with Gasteiger partial charge in [0.1, 0.15) is 0 Å². The van der Waals surface area contributed by atoms with Crippen LogP contribution in [-0.4, -0.2) is 23.9 Å². The zero-order valence-electron chi connectivity index (χ0n) is 16.4. The average Bonchev–Trinajstić information content (AvgIpc) is 2.35. The van der Waals surface area contributed by atoms with Crippen LogP contribution in [0.25, 0.3) is 0 Å². The normalized spacial score (nSPS) is 18.1. The lowest BCUT2D eigenvalue weighted by atomic mass is 9.72. The van der Waals surface area contributed by atoms with Crippen LogP contribution in [-0.2, 0) is 9.47 Å². The van der Waals surface area contributed by atoms with Crippen molar-refractivity contribution in [3.8, 4) is 0 Å². The zero-order chi connectivity index (χ0) is 17.6. The molecule has 0 rings (SSSR count). The molecule has 3 nitrogen and oxygen atoms in total. The molecule has 3 heteroatoms. The molecular formula is C19H39NO2. The third kappa shape index (κ3) is 7.15. The van der Waals surface area contributed by atoms with Gasteiger partial charge in [-0.25, -0.2) is 0 Å². The lowest BCUT2D eigenvalue weighted by Crippen LogP contribution is -2.46. The fraction of sp³-hybridized carbons (Fsp3) is 0.895. The van der Waals surface area contributed by atoms with E-state index < -0.39 is 0 Å². The highest BCUT2D eigenvalue weighted by atomic mass is 16.5. The van der Waals surface area contributed by atoms with Gasteiger partial charge in [0.15, 0.2) is 0 Å². The topological polar surface area (TPSA) is 44.5 Å². The Bertz CT molecular complexity index is 355. The van der Waals surface area contributed by atoms with E-state index in [1.807, 2.05) is 6.08 Å². The van der Waals surface area contributed by atoms with Crippen molar-refractivity contribution in [1.82, 2.24) is 0 Å². The van der Waals surface area contributed by atoms with Crippen molar-refractivity contribution in [2.24, 2.45) is 11.1 Å². The maximum atomic E-state index is 6.40. The molecule has 0 spiro atoms. The summed E-state index contributed by atoms with van der Waals surface area (Å²) in [6.45, 7) is 20.1. The first kappa shape index (κ1) is 21.5. The summed E-state index contributed by atoms with van der Waals surface area (Å²) in [5, 5.41) is 0. The summed E-state index contributed by atoms with van der Waals surface area (Å²) in [6, 6.07) is 0. The fourth-order valence-corrected chi connectivity index (χ4v) is 2.46. The van der Waals surface area contributed by atoms with E-state index in [0.29, 0.717) is 0 Å². The van der Waals surface area contributed by atoms with E-state index in [4.69, 9.17) is 15.2 Å². The van der Waals surface area contributed by atoms with E-state index in [0.717, 1.165) is 31.6 Å². The quantitative estimate of drug-likeness (QED) is 0.648. The molecule has 0 heterocycles. The first-order chi connectivity index (χ1) is 9.87. The molecular weight excluding hydrogens is 274 g/mol. The Kier molecular flexibility index (Phi) is 8.15. The highest BCUT2D eigenvalue weighted by Gasteiger charge is 2.41. The van der Waals surface area contributed by atoms with Gasteiger partial charge in [-0.3, -0.25) is 0 Å². The minimum Gasteiger partial charge on any atom is -0.402 e. The molecule has 0 aliphatic rings. The predicted octanol–water partition coefficient (Wildman–Crippen LogP) is 5.04. The highest BCUT2D eigenvalue weighted by molar-refractivity contribution is 5.01. The van der Waals surface area contributed by atoms with E-state index in [2.05, 4.69) is 62.3 Å². The van der Waals surface area contributed by atoms with Crippen molar-refractivity contribution >= 4 is 0 Å². The van der Waals surface area contributed by atoms with Crippen LogP contribution in [0.1, 0.15) is 81.6 Å². The van der Waals surface area contributed by atoms with Gasteiger partial charge in [0.05, 0.1) is 17.3 Å². The second kappa shape index (κ2) is 8.35. The van der Waals surface area contributed by atoms with Crippen LogP contribution in [0.4, 0.5) is 0 Å². The van der Waals surface area contributed by atoms with Gasteiger partial charge in [0, 0.05) is 12.3 Å². The second-order valence-corrected chi connectivity index (χ2v) is 8.10. The van der Waals surface area contributed by atoms with Crippen molar-refractivity contribution in [2.75, 3.05) is 6.61 Å². The summed E-state index contributed by atoms with van der Waals surface area (Å²) in [5.41, 5.74) is 6.54. The van der Waals surface area contributed by atoms with Crippen LogP contribution in [0.5, 0.6) is 0 Å². The van der Waals surface area contributed by atoms with Crippen molar-refractivity contribution in [2.45, 2.75) is 98.9 Å². The summed E-state index contributed by atoms with van der Waals surface area (Å²) in [5.74, 6) is 0. The van der Waals surface area contributed by atoms with Gasteiger partial charge in [-0.05, 0) is 65.4 Å². The summed E-state index contributed by atoms with van der Waals surface area (Å²) in [4.78, 5) is 0. The fourth-order valence-electron chi connectivity index (χ4n) is 2.46. The molecule has 0 aliphatic heterocycles. The van der Waals surface area contributed by atoms with Gasteiger partial charge in [0.2, 0.25) is 0 Å². The Morgan fingerprint density at radius 2 is 1.64 bits per heavy atom. The molecule has 0 bridgehead atoms. The summed E-state index contributed by atoms with van der Waals surface area (Å²) < 4.78 is 12.3. The Labute approximate surface area is 138 Å². The molecule has 2 N–H and O–H groups in total. The Hall–Kier alpha value is -0.540. The number of allylic oxidation sites excluding steroid dienone is 1. The van der Waals surface area contributed by atoms with Crippen LogP contribution in [0.15, 0.2) is 11.8 Å². The van der Waals surface area contributed by atoms with Crippen LogP contribution in [0.2, 0.25) is 0 Å². The maximum absolute atomic E-state index is 6.40. The first-order valence-electron chi connectivity index (χ1n) is 8.65. The maximum Gasteiger partial charge on any atom is 0.0754 e. The molecule has 0 saturated heterocycles. The zero-order valence-corrected chi connectivity index (χ0v) is 16.4. The van der Waals surface area contributed by atoms with Gasteiger partial charge >= 0.3 is 0 Å². The number of rotatable bonds is 9. The molecule has 132 valence electrons. The number of nitrogens with two attached hydrogens (primary N) is 1. The van der Waals surface area contributed by atoms with Gasteiger partial charge in [-0.1, -0.05) is 27.7 Å². The molecule has 0 amide bonds. The van der Waals surface area contributed by atoms with E-state index in [-0.39, 0.29) is 22.7 Å². The summed E-state index contributed by atoms with van der Waals surface area (Å²) in [7, 11) is 0. The minimum absolute atomic E-state index is 0.0210. The number of hydrogen-bond donors (Lipinski definition) is 1. The molecule has 0 aliphatic carbocycles. The lowest BCUT2D eigenvalue weighted by Gasteiger charge is -2.45. The lowest BCUT2D eigenvalue weighted by molar-refractivity contribution is -0.143. The highest BCUT2D eigenvalue weighted by Crippen LogP contribution is 2.41. The molecule has 0 saturated carbocycles. The van der Waals surface area contributed by atoms with Crippen LogP contribution in [0, 0.1) is 5.41 Å². The van der Waals surface area contributed by atoms with E-state index in [1.54, 1.807) is 0 Å². The Morgan fingerprint density at radius 3 is 2.05 bits per heavy atom. The van der Waals surface area contributed by atoms with Crippen molar-refractivity contribution in [3.63, 3.8) is 0 Å². The third-order valence-electron chi connectivity index (χ3n) is 4.67. The Balaban J connectivity index is 4.86. The summed E-state index contributed by atoms with van der Waals surface area (Å²) >= 11 is 0. The molecule has 2 unspecified atom stereocenters. The molecule has 0 aromatic rings. The molecule has 0 aromatic heterocycles. The smallest absolute Gasteiger partial charge is 0.0754 e. The second-order valence-electron chi connectivity index (χ2n) is 8.10. The average molecular weight is 314 g/mol.